The summed E-state index contributed by atoms with van der Waals surface area (Å²) in [6.45, 7) is 7.68. The number of ether oxygens (including phenoxy) is 2. The summed E-state index contributed by atoms with van der Waals surface area (Å²) < 4.78 is 12.9. The minimum atomic E-state index is -1.01. The first-order chi connectivity index (χ1) is 11.5. The second kappa shape index (κ2) is 6.90. The molecule has 0 aromatic carbocycles. The first-order valence-electron chi connectivity index (χ1n) is 8.35. The van der Waals surface area contributed by atoms with E-state index in [4.69, 9.17) is 9.47 Å². The summed E-state index contributed by atoms with van der Waals surface area (Å²) in [7, 11) is 0. The van der Waals surface area contributed by atoms with Gasteiger partial charge in [-0.3, -0.25) is 9.59 Å². The average Bonchev–Trinajstić information content (AvgIpc) is 3.10. The number of carbonyl (C=O) groups excluding carboxylic acids is 2. The quantitative estimate of drug-likeness (QED) is 0.776. The minimum absolute atomic E-state index is 0.0766. The molecule has 1 aromatic rings. The molecule has 3 heterocycles. The zero-order valence-corrected chi connectivity index (χ0v) is 14.2. The molecule has 2 fully saturated rings. The number of rotatable bonds is 3. The molecule has 0 N–H and O–H groups in total. The number of imidazole rings is 1. The van der Waals surface area contributed by atoms with Gasteiger partial charge in [-0.25, -0.2) is 4.98 Å². The van der Waals surface area contributed by atoms with Gasteiger partial charge < -0.3 is 23.8 Å². The fourth-order valence-corrected chi connectivity index (χ4v) is 3.19. The monoisotopic (exact) mass is 336 g/mol. The number of nitrogens with zero attached hydrogens (tertiary/aromatic N) is 4. The number of aryl methyl sites for hydroxylation is 1. The fourth-order valence-electron chi connectivity index (χ4n) is 3.19. The molecular formula is C16H24N4O4. The molecule has 0 saturated carbocycles. The smallest absolute Gasteiger partial charge is 0.272 e. The van der Waals surface area contributed by atoms with E-state index in [1.165, 1.54) is 0 Å². The number of morpholine rings is 2. The second-order valence-corrected chi connectivity index (χ2v) is 6.28. The Bertz CT molecular complexity index is 611. The lowest BCUT2D eigenvalue weighted by atomic mass is 10.0. The van der Waals surface area contributed by atoms with Crippen molar-refractivity contribution in [3.05, 3.63) is 18.2 Å². The predicted octanol–water partition coefficient (Wildman–Crippen LogP) is -0.00710. The van der Waals surface area contributed by atoms with Gasteiger partial charge in [-0.05, 0) is 13.8 Å². The maximum absolute atomic E-state index is 12.8. The van der Waals surface area contributed by atoms with Crippen molar-refractivity contribution in [1.82, 2.24) is 19.4 Å². The highest BCUT2D eigenvalue weighted by molar-refractivity contribution is 5.93. The number of hydrogen-bond acceptors (Lipinski definition) is 5. The van der Waals surface area contributed by atoms with Crippen molar-refractivity contribution in [3.8, 4) is 0 Å². The van der Waals surface area contributed by atoms with Gasteiger partial charge in [0.05, 0.1) is 38.9 Å². The second-order valence-electron chi connectivity index (χ2n) is 6.28. The fraction of sp³-hybridized carbons (Fsp3) is 0.688. The number of amides is 2. The molecule has 2 saturated heterocycles. The molecule has 0 aliphatic carbocycles. The molecule has 8 heteroatoms. The Hall–Kier alpha value is -1.93. The van der Waals surface area contributed by atoms with Gasteiger partial charge in [-0.2, -0.15) is 0 Å². The van der Waals surface area contributed by atoms with Gasteiger partial charge in [-0.15, -0.1) is 0 Å². The highest BCUT2D eigenvalue weighted by Crippen LogP contribution is 2.22. The summed E-state index contributed by atoms with van der Waals surface area (Å²) in [4.78, 5) is 33.1. The molecule has 132 valence electrons. The van der Waals surface area contributed by atoms with Crippen LogP contribution in [-0.4, -0.2) is 82.8 Å². The summed E-state index contributed by atoms with van der Waals surface area (Å²) in [5.74, 6) is -0.189. The summed E-state index contributed by atoms with van der Waals surface area (Å²) in [6, 6.07) is 0. The Balaban J connectivity index is 1.73. The number of carbonyl (C=O) groups is 2. The van der Waals surface area contributed by atoms with Gasteiger partial charge in [0.25, 0.3) is 11.8 Å². The van der Waals surface area contributed by atoms with Crippen LogP contribution in [0.2, 0.25) is 0 Å². The van der Waals surface area contributed by atoms with E-state index in [1.54, 1.807) is 33.8 Å². The van der Waals surface area contributed by atoms with E-state index in [1.807, 2.05) is 6.92 Å². The van der Waals surface area contributed by atoms with Gasteiger partial charge in [0.15, 0.2) is 5.60 Å². The van der Waals surface area contributed by atoms with E-state index in [0.29, 0.717) is 51.7 Å². The Kier molecular flexibility index (Phi) is 4.86. The van der Waals surface area contributed by atoms with Crippen LogP contribution < -0.4 is 0 Å². The zero-order valence-electron chi connectivity index (χ0n) is 14.2. The summed E-state index contributed by atoms with van der Waals surface area (Å²) in [5, 5.41) is 0. The van der Waals surface area contributed by atoms with Gasteiger partial charge in [0.1, 0.15) is 5.69 Å². The van der Waals surface area contributed by atoms with Crippen LogP contribution in [0.4, 0.5) is 0 Å². The number of aromatic nitrogens is 2. The third-order valence-corrected chi connectivity index (χ3v) is 4.58. The van der Waals surface area contributed by atoms with Gasteiger partial charge >= 0.3 is 0 Å². The molecule has 1 atom stereocenters. The highest BCUT2D eigenvalue weighted by Gasteiger charge is 2.43. The molecule has 3 rings (SSSR count). The lowest BCUT2D eigenvalue weighted by molar-refractivity contribution is -0.168. The third-order valence-electron chi connectivity index (χ3n) is 4.58. The third kappa shape index (κ3) is 3.16. The molecule has 2 aliphatic rings. The SMILES string of the molecule is CCn1cncc1C(=O)N1CCO[C@](C)(C(=O)N2CCOCC2)C1. The first kappa shape index (κ1) is 16.9. The number of hydrogen-bond donors (Lipinski definition) is 0. The maximum Gasteiger partial charge on any atom is 0.272 e. The van der Waals surface area contributed by atoms with Crippen LogP contribution in [0.3, 0.4) is 0 Å². The molecule has 0 bridgehead atoms. The molecule has 2 amide bonds. The summed E-state index contributed by atoms with van der Waals surface area (Å²) >= 11 is 0. The van der Waals surface area contributed by atoms with E-state index < -0.39 is 5.60 Å². The molecule has 2 aliphatic heterocycles. The zero-order chi connectivity index (χ0) is 17.2. The van der Waals surface area contributed by atoms with Crippen molar-refractivity contribution in [3.63, 3.8) is 0 Å². The minimum Gasteiger partial charge on any atom is -0.378 e. The standard InChI is InChI=1S/C16H24N4O4/c1-3-18-12-17-10-13(18)14(21)20-6-9-24-16(2,11-20)15(22)19-4-7-23-8-5-19/h10,12H,3-9,11H2,1-2H3/t16-/m0/s1. The molecule has 1 aromatic heterocycles. The Morgan fingerprint density at radius 2 is 1.92 bits per heavy atom. The molecule has 0 spiro atoms. The van der Waals surface area contributed by atoms with Gasteiger partial charge in [-0.1, -0.05) is 0 Å². The largest absolute Gasteiger partial charge is 0.378 e. The van der Waals surface area contributed by atoms with Crippen molar-refractivity contribution in [2.24, 2.45) is 0 Å². The van der Waals surface area contributed by atoms with Gasteiger partial charge in [0.2, 0.25) is 0 Å². The van der Waals surface area contributed by atoms with E-state index in [-0.39, 0.29) is 18.4 Å². The van der Waals surface area contributed by atoms with Crippen LogP contribution in [-0.2, 0) is 20.8 Å². The average molecular weight is 336 g/mol. The lowest BCUT2D eigenvalue weighted by Crippen LogP contribution is -2.61. The van der Waals surface area contributed by atoms with E-state index in [2.05, 4.69) is 4.98 Å². The Morgan fingerprint density at radius 3 is 2.62 bits per heavy atom. The summed E-state index contributed by atoms with van der Waals surface area (Å²) in [6.07, 6.45) is 3.22. The Labute approximate surface area is 141 Å². The van der Waals surface area contributed by atoms with E-state index >= 15 is 0 Å². The molecule has 8 nitrogen and oxygen atoms in total. The van der Waals surface area contributed by atoms with Crippen molar-refractivity contribution in [1.29, 1.82) is 0 Å². The van der Waals surface area contributed by atoms with Crippen molar-refractivity contribution in [2.45, 2.75) is 26.0 Å². The van der Waals surface area contributed by atoms with Crippen LogP contribution in [0.25, 0.3) is 0 Å². The molecule has 0 unspecified atom stereocenters. The maximum atomic E-state index is 12.8. The van der Waals surface area contributed by atoms with Crippen LogP contribution in [0, 0.1) is 0 Å². The highest BCUT2D eigenvalue weighted by atomic mass is 16.5. The van der Waals surface area contributed by atoms with Crippen LogP contribution >= 0.6 is 0 Å². The van der Waals surface area contributed by atoms with E-state index in [9.17, 15) is 9.59 Å². The summed E-state index contributed by atoms with van der Waals surface area (Å²) in [5.41, 5.74) is -0.469. The molecule has 24 heavy (non-hydrogen) atoms. The molecular weight excluding hydrogens is 312 g/mol. The van der Waals surface area contributed by atoms with Crippen molar-refractivity contribution in [2.75, 3.05) is 46.0 Å². The topological polar surface area (TPSA) is 76.9 Å². The molecule has 0 radical (unpaired) electrons. The van der Waals surface area contributed by atoms with Gasteiger partial charge in [0, 0.05) is 26.2 Å². The van der Waals surface area contributed by atoms with Crippen LogP contribution in [0.5, 0.6) is 0 Å². The van der Waals surface area contributed by atoms with Crippen molar-refractivity contribution < 1.29 is 19.1 Å². The van der Waals surface area contributed by atoms with Crippen LogP contribution in [0.1, 0.15) is 24.3 Å². The lowest BCUT2D eigenvalue weighted by Gasteiger charge is -2.42. The van der Waals surface area contributed by atoms with E-state index in [0.717, 1.165) is 0 Å². The Morgan fingerprint density at radius 1 is 1.21 bits per heavy atom. The predicted molar refractivity (Wildman–Crippen MR) is 85.6 cm³/mol. The van der Waals surface area contributed by atoms with Crippen LogP contribution in [0.15, 0.2) is 12.5 Å². The first-order valence-corrected chi connectivity index (χ1v) is 8.35. The van der Waals surface area contributed by atoms with Crippen molar-refractivity contribution >= 4 is 11.8 Å². The normalized spacial score (nSPS) is 24.9.